The smallest absolute Gasteiger partial charge is 0.243 e. The minimum absolute atomic E-state index is 0.172. The number of benzene rings is 2. The molecule has 2 aromatic rings. The van der Waals surface area contributed by atoms with Crippen LogP contribution in [-0.4, -0.2) is 63.4 Å². The molecule has 1 atom stereocenters. The van der Waals surface area contributed by atoms with Gasteiger partial charge in [-0.2, -0.15) is 4.31 Å². The first-order chi connectivity index (χ1) is 17.3. The average Bonchev–Trinajstić information content (AvgIpc) is 3.00. The third-order valence-corrected chi connectivity index (χ3v) is 8.16. The van der Waals surface area contributed by atoms with Crippen LogP contribution in [0.1, 0.15) is 25.8 Å². The van der Waals surface area contributed by atoms with E-state index in [0.29, 0.717) is 49.9 Å². The monoisotopic (exact) mass is 511 g/mol. The summed E-state index contributed by atoms with van der Waals surface area (Å²) in [6.45, 7) is 6.12. The molecule has 0 bridgehead atoms. The molecule has 1 fully saturated rings. The summed E-state index contributed by atoms with van der Waals surface area (Å²) in [7, 11) is -3.58. The maximum Gasteiger partial charge on any atom is 0.243 e. The van der Waals surface area contributed by atoms with Gasteiger partial charge < -0.3 is 16.2 Å². The predicted octanol–water partition coefficient (Wildman–Crippen LogP) is 2.25. The molecular formula is C26H33N5O4S. The summed E-state index contributed by atoms with van der Waals surface area (Å²) in [5.41, 5.74) is 15.3. The Bertz CT molecular complexity index is 1290. The van der Waals surface area contributed by atoms with E-state index in [4.69, 9.17) is 16.2 Å². The van der Waals surface area contributed by atoms with Gasteiger partial charge in [-0.15, -0.1) is 0 Å². The lowest BCUT2D eigenvalue weighted by Gasteiger charge is -2.37. The molecule has 0 radical (unpaired) electrons. The SMILES string of the molecule is CCNC(OCC)C(=O)C1=Cc2ccc(-c3cccc(S(=O)(=O)N4CC(CN)C4)c3)cc2N=C(N)C1. The van der Waals surface area contributed by atoms with Gasteiger partial charge in [0.05, 0.1) is 10.6 Å². The number of hydrogen-bond donors (Lipinski definition) is 3. The van der Waals surface area contributed by atoms with Gasteiger partial charge in [0.1, 0.15) is 5.84 Å². The number of ether oxygens (including phenoxy) is 1. The normalized spacial score (nSPS) is 17.4. The molecule has 192 valence electrons. The van der Waals surface area contributed by atoms with Crippen LogP contribution in [0.3, 0.4) is 0 Å². The fourth-order valence-electron chi connectivity index (χ4n) is 4.33. The Kier molecular flexibility index (Phi) is 8.01. The van der Waals surface area contributed by atoms with Crippen LogP contribution >= 0.6 is 0 Å². The molecule has 36 heavy (non-hydrogen) atoms. The predicted molar refractivity (Wildman–Crippen MR) is 141 cm³/mol. The Hall–Kier alpha value is -2.89. The number of Topliss-reactive ketones (excluding diaryl/α,β-unsaturated/α-hetero) is 1. The Balaban J connectivity index is 1.64. The van der Waals surface area contributed by atoms with Crippen LogP contribution in [-0.2, 0) is 19.6 Å². The zero-order chi connectivity index (χ0) is 25.9. The number of nitrogens with two attached hydrogens (primary N) is 2. The number of nitrogens with zero attached hydrogens (tertiary/aromatic N) is 2. The number of carbonyl (C=O) groups is 1. The maximum absolute atomic E-state index is 13.1. The Morgan fingerprint density at radius 2 is 1.94 bits per heavy atom. The second kappa shape index (κ2) is 11.0. The third kappa shape index (κ3) is 5.42. The third-order valence-electron chi connectivity index (χ3n) is 6.34. The second-order valence-electron chi connectivity index (χ2n) is 8.93. The number of amidine groups is 1. The Morgan fingerprint density at radius 1 is 1.19 bits per heavy atom. The Morgan fingerprint density at radius 3 is 2.64 bits per heavy atom. The van der Waals surface area contributed by atoms with Crippen LogP contribution in [0.2, 0.25) is 0 Å². The molecule has 2 heterocycles. The van der Waals surface area contributed by atoms with Crippen molar-refractivity contribution in [1.29, 1.82) is 0 Å². The molecule has 5 N–H and O–H groups in total. The minimum atomic E-state index is -3.58. The van der Waals surface area contributed by atoms with Crippen molar-refractivity contribution in [3.8, 4) is 11.1 Å². The summed E-state index contributed by atoms with van der Waals surface area (Å²) in [5.74, 6) is 0.359. The lowest BCUT2D eigenvalue weighted by molar-refractivity contribution is -0.128. The number of carbonyl (C=O) groups excluding carboxylic acids is 1. The van der Waals surface area contributed by atoms with Gasteiger partial charge >= 0.3 is 0 Å². The standard InChI is InChI=1S/C26H33N5O4S/c1-3-29-26(35-4-2)25(32)21-10-20-9-8-19(12-23(20)30-24(28)13-21)18-6-5-7-22(11-18)36(33,34)31-15-17(14-27)16-31/h5-12,17,26,29H,3-4,13-16,27H2,1-2H3,(H2,28,30). The van der Waals surface area contributed by atoms with Gasteiger partial charge in [0.15, 0.2) is 6.23 Å². The molecule has 0 saturated carbocycles. The van der Waals surface area contributed by atoms with Gasteiger partial charge in [-0.3, -0.25) is 10.1 Å². The average molecular weight is 512 g/mol. The molecule has 1 unspecified atom stereocenters. The van der Waals surface area contributed by atoms with E-state index < -0.39 is 16.3 Å². The molecule has 4 rings (SSSR count). The molecule has 0 spiro atoms. The Labute approximate surface area is 212 Å². The van der Waals surface area contributed by atoms with Gasteiger partial charge in [0.25, 0.3) is 0 Å². The number of fused-ring (bicyclic) bond motifs is 1. The van der Waals surface area contributed by atoms with E-state index in [0.717, 1.165) is 16.7 Å². The number of ketones is 1. The highest BCUT2D eigenvalue weighted by Crippen LogP contribution is 2.33. The van der Waals surface area contributed by atoms with Crippen molar-refractivity contribution in [2.75, 3.05) is 32.8 Å². The van der Waals surface area contributed by atoms with E-state index in [1.54, 1.807) is 24.3 Å². The first-order valence-electron chi connectivity index (χ1n) is 12.1. The number of aliphatic imine (C=N–C) groups is 1. The first kappa shape index (κ1) is 26.2. The van der Waals surface area contributed by atoms with Gasteiger partial charge in [-0.25, -0.2) is 13.4 Å². The summed E-state index contributed by atoms with van der Waals surface area (Å²) in [4.78, 5) is 17.9. The van der Waals surface area contributed by atoms with Gasteiger partial charge in [-0.05, 0) is 61.3 Å². The van der Waals surface area contributed by atoms with E-state index in [1.807, 2.05) is 38.1 Å². The maximum atomic E-state index is 13.1. The van der Waals surface area contributed by atoms with Gasteiger partial charge in [0, 0.05) is 37.3 Å². The topological polar surface area (TPSA) is 140 Å². The number of nitrogens with one attached hydrogen (secondary N) is 1. The fourth-order valence-corrected chi connectivity index (χ4v) is 5.97. The number of sulfonamides is 1. The van der Waals surface area contributed by atoms with Crippen molar-refractivity contribution in [1.82, 2.24) is 9.62 Å². The van der Waals surface area contributed by atoms with Crippen LogP contribution in [0, 0.1) is 5.92 Å². The second-order valence-corrected chi connectivity index (χ2v) is 10.9. The molecule has 2 aliphatic heterocycles. The molecule has 0 amide bonds. The summed E-state index contributed by atoms with van der Waals surface area (Å²) in [5, 5.41) is 3.06. The number of rotatable bonds is 10. The summed E-state index contributed by atoms with van der Waals surface area (Å²) < 4.78 is 33.1. The van der Waals surface area contributed by atoms with Crippen molar-refractivity contribution < 1.29 is 17.9 Å². The highest BCUT2D eigenvalue weighted by atomic mass is 32.2. The van der Waals surface area contributed by atoms with E-state index in [2.05, 4.69) is 10.3 Å². The number of likely N-dealkylation sites (N-methyl/N-ethyl adjacent to an activating group) is 1. The molecule has 2 aliphatic rings. The lowest BCUT2D eigenvalue weighted by Crippen LogP contribution is -2.52. The largest absolute Gasteiger partial charge is 0.387 e. The van der Waals surface area contributed by atoms with Crippen molar-refractivity contribution in [2.45, 2.75) is 31.4 Å². The first-order valence-corrected chi connectivity index (χ1v) is 13.6. The van der Waals surface area contributed by atoms with Crippen LogP contribution in [0.5, 0.6) is 0 Å². The van der Waals surface area contributed by atoms with Crippen LogP contribution in [0.15, 0.2) is 57.9 Å². The van der Waals surface area contributed by atoms with E-state index in [1.165, 1.54) is 4.31 Å². The lowest BCUT2D eigenvalue weighted by atomic mass is 9.99. The zero-order valence-corrected chi connectivity index (χ0v) is 21.4. The van der Waals surface area contributed by atoms with Crippen molar-refractivity contribution >= 4 is 33.4 Å². The van der Waals surface area contributed by atoms with Crippen molar-refractivity contribution in [3.05, 3.63) is 53.6 Å². The molecule has 2 aromatic carbocycles. The summed E-state index contributed by atoms with van der Waals surface area (Å²) in [6, 6.07) is 12.5. The highest BCUT2D eigenvalue weighted by Gasteiger charge is 2.36. The fraction of sp³-hybridized carbons (Fsp3) is 0.385. The van der Waals surface area contributed by atoms with Crippen LogP contribution < -0.4 is 16.8 Å². The van der Waals surface area contributed by atoms with E-state index in [-0.39, 0.29) is 23.0 Å². The summed E-state index contributed by atoms with van der Waals surface area (Å²) in [6.07, 6.45) is 1.27. The van der Waals surface area contributed by atoms with Gasteiger partial charge in [0.2, 0.25) is 15.8 Å². The quantitative estimate of drug-likeness (QED) is 0.416. The van der Waals surface area contributed by atoms with Crippen molar-refractivity contribution in [2.24, 2.45) is 22.4 Å². The minimum Gasteiger partial charge on any atom is -0.387 e. The van der Waals surface area contributed by atoms with E-state index in [9.17, 15) is 13.2 Å². The molecule has 1 saturated heterocycles. The van der Waals surface area contributed by atoms with Crippen LogP contribution in [0.25, 0.3) is 17.2 Å². The van der Waals surface area contributed by atoms with Crippen molar-refractivity contribution in [3.63, 3.8) is 0 Å². The summed E-state index contributed by atoms with van der Waals surface area (Å²) >= 11 is 0. The molecule has 0 aliphatic carbocycles. The molecule has 10 heteroatoms. The molecule has 9 nitrogen and oxygen atoms in total. The molecular weight excluding hydrogens is 478 g/mol. The highest BCUT2D eigenvalue weighted by molar-refractivity contribution is 7.89. The number of hydrogen-bond acceptors (Lipinski definition) is 8. The zero-order valence-electron chi connectivity index (χ0n) is 20.6. The van der Waals surface area contributed by atoms with Gasteiger partial charge in [-0.1, -0.05) is 31.2 Å². The molecule has 0 aromatic heterocycles. The van der Waals surface area contributed by atoms with Crippen LogP contribution in [0.4, 0.5) is 5.69 Å². The van der Waals surface area contributed by atoms with E-state index >= 15 is 0 Å².